The molecule has 0 saturated heterocycles. The van der Waals surface area contributed by atoms with Crippen LogP contribution >= 0.6 is 0 Å². The average molecular weight is 87.2 g/mol. The first-order valence-electron chi connectivity index (χ1n) is 1.48. The zero-order chi connectivity index (χ0) is 4.12. The van der Waals surface area contributed by atoms with Crippen molar-refractivity contribution in [1.29, 1.82) is 0 Å². The fraction of sp³-hybridized carbons (Fsp3) is 0.333. The molecule has 0 unspecified atom stereocenters. The van der Waals surface area contributed by atoms with Crippen LogP contribution in [0.3, 0.4) is 0 Å². The number of hydrogen-bond donors (Lipinski definition) is 1. The van der Waals surface area contributed by atoms with E-state index in [1.807, 2.05) is 0 Å². The van der Waals surface area contributed by atoms with Crippen molar-refractivity contribution < 1.29 is 4.80 Å². The van der Waals surface area contributed by atoms with Crippen LogP contribution in [0.15, 0.2) is 12.7 Å². The summed E-state index contributed by atoms with van der Waals surface area (Å²) in [6, 6.07) is 0.792. The Hall–Kier alpha value is -0.0831. The van der Waals surface area contributed by atoms with Crippen LogP contribution in [0.5, 0.6) is 0 Å². The molecule has 1 N–H and O–H groups in total. The van der Waals surface area contributed by atoms with Crippen LogP contribution in [0.1, 0.15) is 0 Å². The van der Waals surface area contributed by atoms with Crippen molar-refractivity contribution in [2.45, 2.75) is 6.04 Å². The Morgan fingerprint density at radius 1 is 2.00 bits per heavy atom. The van der Waals surface area contributed by atoms with Gasteiger partial charge in [0, 0.05) is 0 Å². The van der Waals surface area contributed by atoms with Crippen LogP contribution in [0.4, 0.5) is 0 Å². The second kappa shape index (κ2) is 3.92. The van der Waals surface area contributed by atoms with Gasteiger partial charge in [-0.15, -0.1) is 6.58 Å². The minimum absolute atomic E-state index is 0.332. The van der Waals surface area contributed by atoms with E-state index in [1.165, 1.54) is 0 Å². The van der Waals surface area contributed by atoms with Gasteiger partial charge in [0.05, 0.1) is 0 Å². The molecule has 0 spiro atoms. The molecule has 1 nitrogen and oxygen atoms in total. The van der Waals surface area contributed by atoms with Gasteiger partial charge < -0.3 is 4.80 Å². The monoisotopic (exact) mass is 87.0 g/mol. The van der Waals surface area contributed by atoms with E-state index in [4.69, 9.17) is 4.80 Å². The maximum Gasteiger partial charge on any atom is 0.192 e. The summed E-state index contributed by atoms with van der Waals surface area (Å²) in [6.45, 7) is 3.41. The first-order chi connectivity index (χ1) is 2.41. The highest BCUT2D eigenvalue weighted by molar-refractivity contribution is 6.25. The van der Waals surface area contributed by atoms with Crippen LogP contribution in [0.2, 0.25) is 6.04 Å². The first-order valence-corrected chi connectivity index (χ1v) is 2.82. The van der Waals surface area contributed by atoms with Crippen molar-refractivity contribution in [3.05, 3.63) is 12.7 Å². The molecule has 0 aromatic heterocycles. The van der Waals surface area contributed by atoms with Gasteiger partial charge in [-0.25, -0.2) is 0 Å². The Bertz CT molecular complexity index is 28.1. The van der Waals surface area contributed by atoms with Crippen LogP contribution in [0.25, 0.3) is 0 Å². The van der Waals surface area contributed by atoms with Crippen molar-refractivity contribution in [3.63, 3.8) is 0 Å². The molecule has 29 valence electrons. The van der Waals surface area contributed by atoms with Crippen LogP contribution in [0, 0.1) is 0 Å². The molecule has 1 radical (unpaired) electrons. The fourth-order valence-electron chi connectivity index (χ4n) is 0.0745. The number of allylic oxidation sites excluding steroid dienone is 1. The van der Waals surface area contributed by atoms with Gasteiger partial charge in [0.15, 0.2) is 9.76 Å². The minimum Gasteiger partial charge on any atom is -0.435 e. The highest BCUT2D eigenvalue weighted by Crippen LogP contribution is 1.69. The Labute approximate surface area is 34.3 Å². The summed E-state index contributed by atoms with van der Waals surface area (Å²) in [7, 11) is -0.332. The topological polar surface area (TPSA) is 20.2 Å². The normalized spacial score (nSPS) is 7.40. The largest absolute Gasteiger partial charge is 0.435 e. The van der Waals surface area contributed by atoms with E-state index in [0.717, 1.165) is 6.04 Å². The van der Waals surface area contributed by atoms with Crippen molar-refractivity contribution in [2.24, 2.45) is 0 Å². The SMILES string of the molecule is C=CC[SiH]O. The zero-order valence-electron chi connectivity index (χ0n) is 3.02. The van der Waals surface area contributed by atoms with Gasteiger partial charge in [-0.3, -0.25) is 0 Å². The van der Waals surface area contributed by atoms with Crippen molar-refractivity contribution in [1.82, 2.24) is 0 Å². The van der Waals surface area contributed by atoms with Gasteiger partial charge in [0.2, 0.25) is 0 Å². The Balaban J connectivity index is 2.40. The van der Waals surface area contributed by atoms with Crippen LogP contribution in [-0.4, -0.2) is 14.6 Å². The molecular formula is C3H7OSi. The summed E-state index contributed by atoms with van der Waals surface area (Å²) in [5.41, 5.74) is 0. The average Bonchev–Trinajstić information content (AvgIpc) is 1.41. The summed E-state index contributed by atoms with van der Waals surface area (Å²) in [4.78, 5) is 8.08. The summed E-state index contributed by atoms with van der Waals surface area (Å²) in [5.74, 6) is 0. The smallest absolute Gasteiger partial charge is 0.192 e. The lowest BCUT2D eigenvalue weighted by Crippen LogP contribution is -1.77. The molecule has 0 aromatic rings. The molecule has 0 aliphatic carbocycles. The van der Waals surface area contributed by atoms with E-state index >= 15 is 0 Å². The van der Waals surface area contributed by atoms with Crippen LogP contribution in [-0.2, 0) is 0 Å². The highest BCUT2D eigenvalue weighted by Gasteiger charge is 1.67. The third-order valence-corrected chi connectivity index (χ3v) is 0.816. The third-order valence-electron chi connectivity index (χ3n) is 0.272. The third kappa shape index (κ3) is 3.92. The molecule has 0 fully saturated rings. The molecule has 0 atom stereocenters. The Morgan fingerprint density at radius 3 is 2.60 bits per heavy atom. The molecule has 5 heavy (non-hydrogen) atoms. The van der Waals surface area contributed by atoms with Gasteiger partial charge >= 0.3 is 0 Å². The second-order valence-corrected chi connectivity index (χ2v) is 1.54. The molecule has 0 amide bonds. The van der Waals surface area contributed by atoms with Crippen LogP contribution < -0.4 is 0 Å². The molecule has 0 aliphatic rings. The van der Waals surface area contributed by atoms with E-state index in [-0.39, 0.29) is 9.76 Å². The number of rotatable bonds is 2. The minimum atomic E-state index is -0.332. The number of hydrogen-bond acceptors (Lipinski definition) is 1. The lowest BCUT2D eigenvalue weighted by Gasteiger charge is -1.70. The maximum absolute atomic E-state index is 8.08. The highest BCUT2D eigenvalue weighted by atomic mass is 28.2. The Kier molecular flexibility index (Phi) is 3.85. The molecule has 0 aromatic carbocycles. The van der Waals surface area contributed by atoms with Gasteiger partial charge in [-0.2, -0.15) is 0 Å². The van der Waals surface area contributed by atoms with E-state index < -0.39 is 0 Å². The van der Waals surface area contributed by atoms with E-state index in [0.29, 0.717) is 0 Å². The Morgan fingerprint density at radius 2 is 2.60 bits per heavy atom. The zero-order valence-corrected chi connectivity index (χ0v) is 4.17. The second-order valence-electron chi connectivity index (χ2n) is 0.707. The molecule has 0 heterocycles. The molecule has 0 bridgehead atoms. The van der Waals surface area contributed by atoms with Crippen molar-refractivity contribution in [3.8, 4) is 0 Å². The predicted octanol–water partition coefficient (Wildman–Crippen LogP) is -0.0655. The molecule has 2 heteroatoms. The molecule has 0 rings (SSSR count). The lowest BCUT2D eigenvalue weighted by atomic mass is 10.8. The summed E-state index contributed by atoms with van der Waals surface area (Å²) in [5, 5.41) is 0. The van der Waals surface area contributed by atoms with Crippen molar-refractivity contribution in [2.75, 3.05) is 0 Å². The molecule has 0 saturated carbocycles. The first kappa shape index (κ1) is 4.92. The van der Waals surface area contributed by atoms with Gasteiger partial charge in [0.1, 0.15) is 0 Å². The summed E-state index contributed by atoms with van der Waals surface area (Å²) < 4.78 is 0. The summed E-state index contributed by atoms with van der Waals surface area (Å²) >= 11 is 0. The summed E-state index contributed by atoms with van der Waals surface area (Å²) in [6.07, 6.45) is 1.72. The molecule has 0 aliphatic heterocycles. The molecular weight excluding hydrogens is 80.1 g/mol. The van der Waals surface area contributed by atoms with E-state index in [1.54, 1.807) is 6.08 Å². The van der Waals surface area contributed by atoms with Gasteiger partial charge in [-0.1, -0.05) is 6.08 Å². The standard InChI is InChI=1S/C3H7OSi/c1-2-3-5-4/h2,4-5H,1,3H2. The quantitative estimate of drug-likeness (QED) is 0.369. The lowest BCUT2D eigenvalue weighted by molar-refractivity contribution is 0.605. The van der Waals surface area contributed by atoms with E-state index in [9.17, 15) is 0 Å². The predicted molar refractivity (Wildman–Crippen MR) is 24.4 cm³/mol. The fourth-order valence-corrected chi connectivity index (χ4v) is 0.224. The maximum atomic E-state index is 8.08. The van der Waals surface area contributed by atoms with E-state index in [2.05, 4.69) is 6.58 Å². The van der Waals surface area contributed by atoms with Gasteiger partial charge in [-0.05, 0) is 6.04 Å². The van der Waals surface area contributed by atoms with Crippen molar-refractivity contribution >= 4 is 9.76 Å². The van der Waals surface area contributed by atoms with Gasteiger partial charge in [0.25, 0.3) is 0 Å².